The zero-order valence-electron chi connectivity index (χ0n) is 12.8. The second kappa shape index (κ2) is 5.88. The number of nitrogens with one attached hydrogen (secondary N) is 1. The summed E-state index contributed by atoms with van der Waals surface area (Å²) in [7, 11) is 0. The molecule has 0 aromatic carbocycles. The molecule has 118 valence electrons. The second-order valence-electron chi connectivity index (χ2n) is 5.84. The quantitative estimate of drug-likeness (QED) is 0.895. The molecule has 2 N–H and O–H groups in total. The van der Waals surface area contributed by atoms with E-state index < -0.39 is 5.97 Å². The Hall–Kier alpha value is -2.22. The number of hydrogen-bond donors (Lipinski definition) is 2. The van der Waals surface area contributed by atoms with Crippen molar-refractivity contribution in [3.63, 3.8) is 0 Å². The molecule has 2 heterocycles. The van der Waals surface area contributed by atoms with Crippen molar-refractivity contribution in [3.8, 4) is 0 Å². The zero-order chi connectivity index (χ0) is 16.5. The van der Waals surface area contributed by atoms with Crippen molar-refractivity contribution in [2.75, 3.05) is 0 Å². The first kappa shape index (κ1) is 16.2. The van der Waals surface area contributed by atoms with Gasteiger partial charge in [0.25, 0.3) is 5.91 Å². The van der Waals surface area contributed by atoms with Crippen molar-refractivity contribution >= 4 is 23.2 Å². The number of carboxylic acid groups (broad SMARTS) is 1. The summed E-state index contributed by atoms with van der Waals surface area (Å²) < 4.78 is 5.16. The molecule has 0 aliphatic rings. The number of hydrogen-bond acceptors (Lipinski definition) is 6. The number of thiazole rings is 1. The second-order valence-corrected chi connectivity index (χ2v) is 6.92. The Morgan fingerprint density at radius 2 is 2.09 bits per heavy atom. The lowest BCUT2D eigenvalue weighted by Crippen LogP contribution is -2.23. The van der Waals surface area contributed by atoms with Crippen LogP contribution in [0.1, 0.15) is 57.4 Å². The van der Waals surface area contributed by atoms with Gasteiger partial charge >= 0.3 is 5.97 Å². The fraction of sp³-hybridized carbons (Fsp3) is 0.429. The fourth-order valence-electron chi connectivity index (χ4n) is 1.71. The van der Waals surface area contributed by atoms with E-state index in [2.05, 4.69) is 15.5 Å². The number of carbonyl (C=O) groups excluding carboxylic acids is 1. The molecule has 0 unspecified atom stereocenters. The third-order valence-electron chi connectivity index (χ3n) is 2.92. The summed E-state index contributed by atoms with van der Waals surface area (Å²) in [5.74, 6) is -0.779. The van der Waals surface area contributed by atoms with E-state index in [0.717, 1.165) is 11.3 Å². The lowest BCUT2D eigenvalue weighted by Gasteiger charge is -2.12. The molecule has 0 aliphatic heterocycles. The maximum absolute atomic E-state index is 12.0. The van der Waals surface area contributed by atoms with Gasteiger partial charge in [-0.05, 0) is 6.92 Å². The minimum absolute atomic E-state index is 0.148. The number of aryl methyl sites for hydroxylation is 1. The van der Waals surface area contributed by atoms with Crippen LogP contribution in [-0.2, 0) is 12.0 Å². The van der Waals surface area contributed by atoms with Crippen LogP contribution in [0.3, 0.4) is 0 Å². The van der Waals surface area contributed by atoms with Gasteiger partial charge in [-0.15, -0.1) is 11.3 Å². The molecule has 0 atom stereocenters. The van der Waals surface area contributed by atoms with Gasteiger partial charge in [-0.3, -0.25) is 4.79 Å². The first-order valence-electron chi connectivity index (χ1n) is 6.63. The molecule has 0 bridgehead atoms. The average Bonchev–Trinajstić information content (AvgIpc) is 3.01. The highest BCUT2D eigenvalue weighted by molar-refractivity contribution is 7.13. The monoisotopic (exact) mass is 323 g/mol. The Kier molecular flexibility index (Phi) is 4.32. The molecule has 2 aromatic rings. The molecule has 0 saturated heterocycles. The van der Waals surface area contributed by atoms with Gasteiger partial charge in [0.1, 0.15) is 15.6 Å². The molecular formula is C14H17N3O4S. The van der Waals surface area contributed by atoms with Crippen LogP contribution >= 0.6 is 11.3 Å². The SMILES string of the molecule is Cc1nc(CNC(=O)c2cc(C(C)(C)C)on2)sc1C(=O)O. The van der Waals surface area contributed by atoms with Crippen molar-refractivity contribution in [2.45, 2.75) is 39.7 Å². The van der Waals surface area contributed by atoms with Gasteiger partial charge in [0.15, 0.2) is 5.69 Å². The Labute approximate surface area is 131 Å². The van der Waals surface area contributed by atoms with E-state index in [9.17, 15) is 9.59 Å². The Bertz CT molecular complexity index is 712. The average molecular weight is 323 g/mol. The zero-order valence-corrected chi connectivity index (χ0v) is 13.6. The van der Waals surface area contributed by atoms with Crippen molar-refractivity contribution in [1.82, 2.24) is 15.5 Å². The van der Waals surface area contributed by atoms with Crippen LogP contribution in [0.5, 0.6) is 0 Å². The highest BCUT2D eigenvalue weighted by Gasteiger charge is 2.22. The van der Waals surface area contributed by atoms with Gasteiger partial charge in [-0.1, -0.05) is 25.9 Å². The summed E-state index contributed by atoms with van der Waals surface area (Å²) in [6, 6.07) is 1.60. The lowest BCUT2D eigenvalue weighted by molar-refractivity contribution is 0.0701. The number of aromatic carboxylic acids is 1. The molecule has 1 amide bonds. The molecule has 2 rings (SSSR count). The van der Waals surface area contributed by atoms with Crippen LogP contribution in [0.2, 0.25) is 0 Å². The summed E-state index contributed by atoms with van der Waals surface area (Å²) in [6.45, 7) is 7.65. The number of amides is 1. The number of nitrogens with zero attached hydrogens (tertiary/aromatic N) is 2. The van der Waals surface area contributed by atoms with Crippen LogP contribution < -0.4 is 5.32 Å². The van der Waals surface area contributed by atoms with Crippen LogP contribution in [0.25, 0.3) is 0 Å². The standard InChI is InChI=1S/C14H17N3O4S/c1-7-11(13(19)20)22-10(16-7)6-15-12(18)8-5-9(21-17-8)14(2,3)4/h5H,6H2,1-4H3,(H,15,18)(H,19,20). The normalized spacial score (nSPS) is 11.5. The third-order valence-corrected chi connectivity index (χ3v) is 4.06. The van der Waals surface area contributed by atoms with Gasteiger partial charge in [-0.25, -0.2) is 9.78 Å². The van der Waals surface area contributed by atoms with Gasteiger partial charge in [0.05, 0.1) is 12.2 Å². The first-order chi connectivity index (χ1) is 10.2. The number of carbonyl (C=O) groups is 2. The van der Waals surface area contributed by atoms with E-state index in [0.29, 0.717) is 16.5 Å². The minimum Gasteiger partial charge on any atom is -0.477 e. The Morgan fingerprint density at radius 1 is 1.41 bits per heavy atom. The number of carboxylic acids is 1. The van der Waals surface area contributed by atoms with Crippen LogP contribution in [0.15, 0.2) is 10.6 Å². The maximum Gasteiger partial charge on any atom is 0.347 e. The van der Waals surface area contributed by atoms with Gasteiger partial charge < -0.3 is 14.9 Å². The summed E-state index contributed by atoms with van der Waals surface area (Å²) in [6.07, 6.45) is 0. The molecule has 0 saturated carbocycles. The largest absolute Gasteiger partial charge is 0.477 e. The van der Waals surface area contributed by atoms with E-state index in [1.165, 1.54) is 0 Å². The fourth-order valence-corrected chi connectivity index (χ4v) is 2.55. The van der Waals surface area contributed by atoms with Crippen LogP contribution in [-0.4, -0.2) is 27.1 Å². The molecule has 0 radical (unpaired) electrons. The van der Waals surface area contributed by atoms with Crippen molar-refractivity contribution in [3.05, 3.63) is 33.1 Å². The van der Waals surface area contributed by atoms with E-state index in [1.54, 1.807) is 13.0 Å². The van der Waals surface area contributed by atoms with Crippen molar-refractivity contribution in [1.29, 1.82) is 0 Å². The van der Waals surface area contributed by atoms with Crippen molar-refractivity contribution < 1.29 is 19.2 Å². The Balaban J connectivity index is 2.02. The molecule has 22 heavy (non-hydrogen) atoms. The van der Waals surface area contributed by atoms with Gasteiger partial charge in [0.2, 0.25) is 0 Å². The van der Waals surface area contributed by atoms with Crippen LogP contribution in [0, 0.1) is 6.92 Å². The molecule has 7 nitrogen and oxygen atoms in total. The summed E-state index contributed by atoms with van der Waals surface area (Å²) in [5.41, 5.74) is 0.406. The molecular weight excluding hydrogens is 306 g/mol. The van der Waals surface area contributed by atoms with Gasteiger partial charge in [-0.2, -0.15) is 0 Å². The first-order valence-corrected chi connectivity index (χ1v) is 7.45. The third kappa shape index (κ3) is 3.51. The summed E-state index contributed by atoms with van der Waals surface area (Å²) in [5, 5.41) is 15.9. The number of rotatable bonds is 4. The lowest BCUT2D eigenvalue weighted by atomic mass is 9.93. The highest BCUT2D eigenvalue weighted by Crippen LogP contribution is 2.22. The minimum atomic E-state index is -1.01. The molecule has 0 spiro atoms. The maximum atomic E-state index is 12.0. The summed E-state index contributed by atoms with van der Waals surface area (Å²) >= 11 is 1.05. The summed E-state index contributed by atoms with van der Waals surface area (Å²) in [4.78, 5) is 27.3. The van der Waals surface area contributed by atoms with E-state index in [-0.39, 0.29) is 28.4 Å². The molecule has 8 heteroatoms. The molecule has 0 fully saturated rings. The molecule has 2 aromatic heterocycles. The van der Waals surface area contributed by atoms with E-state index in [1.807, 2.05) is 20.8 Å². The smallest absolute Gasteiger partial charge is 0.347 e. The highest BCUT2D eigenvalue weighted by atomic mass is 32.1. The topological polar surface area (TPSA) is 105 Å². The van der Waals surface area contributed by atoms with Crippen molar-refractivity contribution in [2.24, 2.45) is 0 Å². The molecule has 0 aliphatic carbocycles. The predicted octanol–water partition coefficient (Wildman–Crippen LogP) is 2.37. The predicted molar refractivity (Wildman–Crippen MR) is 80.2 cm³/mol. The van der Waals surface area contributed by atoms with E-state index in [4.69, 9.17) is 9.63 Å². The van der Waals surface area contributed by atoms with E-state index >= 15 is 0 Å². The Morgan fingerprint density at radius 3 is 2.59 bits per heavy atom. The number of aromatic nitrogens is 2. The van der Waals surface area contributed by atoms with Crippen LogP contribution in [0.4, 0.5) is 0 Å². The van der Waals surface area contributed by atoms with Gasteiger partial charge in [0, 0.05) is 11.5 Å².